The van der Waals surface area contributed by atoms with Crippen LogP contribution in [0.3, 0.4) is 0 Å². The zero-order chi connectivity index (χ0) is 12.1. The molecule has 1 aromatic carbocycles. The Balaban J connectivity index is 1.90. The molecular formula is C15H16OS. The van der Waals surface area contributed by atoms with Crippen LogP contribution in [0.5, 0.6) is 0 Å². The van der Waals surface area contributed by atoms with Gasteiger partial charge in [0.15, 0.2) is 0 Å². The highest BCUT2D eigenvalue weighted by Gasteiger charge is 2.12. The zero-order valence-corrected chi connectivity index (χ0v) is 10.5. The number of benzene rings is 1. The third kappa shape index (κ3) is 3.29. The molecular weight excluding hydrogens is 228 g/mol. The molecule has 1 unspecified atom stereocenters. The summed E-state index contributed by atoms with van der Waals surface area (Å²) in [5.74, 6) is 0. The van der Waals surface area contributed by atoms with Crippen LogP contribution in [0, 0.1) is 0 Å². The highest BCUT2D eigenvalue weighted by molar-refractivity contribution is 7.10. The normalized spacial score (nSPS) is 12.3. The second-order valence-electron chi connectivity index (χ2n) is 4.06. The molecule has 2 heteroatoms. The summed E-state index contributed by atoms with van der Waals surface area (Å²) in [6.45, 7) is 3.98. The van der Waals surface area contributed by atoms with Gasteiger partial charge in [-0.3, -0.25) is 0 Å². The molecule has 1 N–H and O–H groups in total. The van der Waals surface area contributed by atoms with Crippen LogP contribution in [0.4, 0.5) is 0 Å². The minimum absolute atomic E-state index is 0.515. The first-order chi connectivity index (χ1) is 8.27. The van der Waals surface area contributed by atoms with Crippen LogP contribution >= 0.6 is 11.3 Å². The van der Waals surface area contributed by atoms with Crippen LogP contribution in [0.25, 0.3) is 0 Å². The Bertz CT molecular complexity index is 459. The third-order valence-electron chi connectivity index (χ3n) is 2.78. The molecule has 0 aliphatic heterocycles. The second kappa shape index (κ2) is 5.80. The van der Waals surface area contributed by atoms with Crippen molar-refractivity contribution in [2.75, 3.05) is 0 Å². The summed E-state index contributed by atoms with van der Waals surface area (Å²) in [6.07, 6.45) is 1.24. The van der Waals surface area contributed by atoms with Crippen molar-refractivity contribution in [3.8, 4) is 0 Å². The van der Waals surface area contributed by atoms with Gasteiger partial charge in [0.05, 0.1) is 0 Å². The lowest BCUT2D eigenvalue weighted by Gasteiger charge is -2.12. The van der Waals surface area contributed by atoms with Crippen LogP contribution in [0.2, 0.25) is 0 Å². The van der Waals surface area contributed by atoms with E-state index in [9.17, 15) is 5.11 Å². The van der Waals surface area contributed by atoms with Crippen LogP contribution < -0.4 is 0 Å². The number of rotatable bonds is 5. The minimum atomic E-state index is -0.515. The number of thiophene rings is 1. The van der Waals surface area contributed by atoms with Gasteiger partial charge in [-0.25, -0.2) is 0 Å². The summed E-state index contributed by atoms with van der Waals surface area (Å²) in [4.78, 5) is 0.975. The van der Waals surface area contributed by atoms with E-state index in [0.717, 1.165) is 23.3 Å². The molecule has 1 heterocycles. The van der Waals surface area contributed by atoms with Gasteiger partial charge in [-0.05, 0) is 35.4 Å². The molecule has 0 radical (unpaired) electrons. The average Bonchev–Trinajstić information content (AvgIpc) is 2.90. The van der Waals surface area contributed by atoms with Crippen LogP contribution in [0.1, 0.15) is 23.0 Å². The van der Waals surface area contributed by atoms with Gasteiger partial charge in [-0.15, -0.1) is 11.3 Å². The van der Waals surface area contributed by atoms with Crippen LogP contribution in [-0.4, -0.2) is 5.11 Å². The summed E-state index contributed by atoms with van der Waals surface area (Å²) in [6, 6.07) is 14.2. The number of aliphatic hydroxyl groups excluding tert-OH is 1. The molecule has 0 spiro atoms. The maximum absolute atomic E-state index is 10.1. The lowest BCUT2D eigenvalue weighted by atomic mass is 10.0. The maximum atomic E-state index is 10.1. The predicted molar refractivity (Wildman–Crippen MR) is 73.2 cm³/mol. The average molecular weight is 244 g/mol. The summed E-state index contributed by atoms with van der Waals surface area (Å²) in [5, 5.41) is 12.0. The Labute approximate surface area is 106 Å². The lowest BCUT2D eigenvalue weighted by molar-refractivity contribution is 0.215. The fourth-order valence-electron chi connectivity index (χ4n) is 1.73. The van der Waals surface area contributed by atoms with Crippen molar-refractivity contribution in [2.45, 2.75) is 18.9 Å². The molecule has 1 nitrogen and oxygen atoms in total. The molecule has 0 aliphatic rings. The Morgan fingerprint density at radius 3 is 2.59 bits per heavy atom. The van der Waals surface area contributed by atoms with E-state index in [0.29, 0.717) is 0 Å². The minimum Gasteiger partial charge on any atom is -0.383 e. The van der Waals surface area contributed by atoms with E-state index >= 15 is 0 Å². The number of aryl methyl sites for hydroxylation is 1. The third-order valence-corrected chi connectivity index (χ3v) is 3.70. The number of hydrogen-bond donors (Lipinski definition) is 1. The van der Waals surface area contributed by atoms with Gasteiger partial charge in [0, 0.05) is 4.88 Å². The Morgan fingerprint density at radius 1 is 1.18 bits per heavy atom. The van der Waals surface area contributed by atoms with Gasteiger partial charge >= 0.3 is 0 Å². The molecule has 0 saturated carbocycles. The van der Waals surface area contributed by atoms with E-state index in [4.69, 9.17) is 0 Å². The molecule has 0 fully saturated rings. The van der Waals surface area contributed by atoms with Gasteiger partial charge in [-0.1, -0.05) is 43.0 Å². The van der Waals surface area contributed by atoms with Gasteiger partial charge in [0.25, 0.3) is 0 Å². The molecule has 0 amide bonds. The summed E-state index contributed by atoms with van der Waals surface area (Å²) in [7, 11) is 0. The topological polar surface area (TPSA) is 20.2 Å². The maximum Gasteiger partial charge on any atom is 0.109 e. The molecule has 0 bridgehead atoms. The highest BCUT2D eigenvalue weighted by Crippen LogP contribution is 2.27. The number of aliphatic hydroxyl groups is 1. The van der Waals surface area contributed by atoms with E-state index in [-0.39, 0.29) is 0 Å². The summed E-state index contributed by atoms with van der Waals surface area (Å²) in [5.41, 5.74) is 2.17. The summed E-state index contributed by atoms with van der Waals surface area (Å²) < 4.78 is 0. The van der Waals surface area contributed by atoms with Gasteiger partial charge in [0.2, 0.25) is 0 Å². The standard InChI is InChI=1S/C15H16OS/c1-12(15(16)14-8-5-11-17-14)9-10-13-6-3-2-4-7-13/h2-8,11,15-16H,1,9-10H2. The Kier molecular flexibility index (Phi) is 4.13. The fourth-order valence-corrected chi connectivity index (χ4v) is 2.50. The Hall–Kier alpha value is -1.38. The summed E-state index contributed by atoms with van der Waals surface area (Å²) >= 11 is 1.57. The van der Waals surface area contributed by atoms with Crippen molar-refractivity contribution in [3.05, 3.63) is 70.4 Å². The van der Waals surface area contributed by atoms with E-state index < -0.39 is 6.10 Å². The highest BCUT2D eigenvalue weighted by atomic mass is 32.1. The molecule has 1 atom stereocenters. The van der Waals surface area contributed by atoms with Gasteiger partial charge < -0.3 is 5.11 Å². The fraction of sp³-hybridized carbons (Fsp3) is 0.200. The van der Waals surface area contributed by atoms with Gasteiger partial charge in [0.1, 0.15) is 6.10 Å². The molecule has 1 aromatic heterocycles. The van der Waals surface area contributed by atoms with Crippen molar-refractivity contribution in [2.24, 2.45) is 0 Å². The van der Waals surface area contributed by atoms with Crippen molar-refractivity contribution in [1.82, 2.24) is 0 Å². The quantitative estimate of drug-likeness (QED) is 0.789. The van der Waals surface area contributed by atoms with Crippen LogP contribution in [-0.2, 0) is 6.42 Å². The molecule has 0 aliphatic carbocycles. The SMILES string of the molecule is C=C(CCc1ccccc1)C(O)c1cccs1. The van der Waals surface area contributed by atoms with Crippen LogP contribution in [0.15, 0.2) is 60.0 Å². The van der Waals surface area contributed by atoms with Crippen molar-refractivity contribution in [1.29, 1.82) is 0 Å². The first-order valence-electron chi connectivity index (χ1n) is 5.70. The van der Waals surface area contributed by atoms with E-state index in [1.54, 1.807) is 11.3 Å². The lowest BCUT2D eigenvalue weighted by Crippen LogP contribution is -1.99. The largest absolute Gasteiger partial charge is 0.383 e. The van der Waals surface area contributed by atoms with E-state index in [2.05, 4.69) is 18.7 Å². The number of hydrogen-bond acceptors (Lipinski definition) is 2. The molecule has 88 valence electrons. The predicted octanol–water partition coefficient (Wildman–Crippen LogP) is 3.97. The van der Waals surface area contributed by atoms with Crippen molar-refractivity contribution in [3.63, 3.8) is 0 Å². The van der Waals surface area contributed by atoms with Gasteiger partial charge in [-0.2, -0.15) is 0 Å². The first-order valence-corrected chi connectivity index (χ1v) is 6.58. The van der Waals surface area contributed by atoms with Crippen molar-refractivity contribution >= 4 is 11.3 Å². The van der Waals surface area contributed by atoms with Crippen molar-refractivity contribution < 1.29 is 5.11 Å². The smallest absolute Gasteiger partial charge is 0.109 e. The molecule has 2 aromatic rings. The van der Waals surface area contributed by atoms with E-state index in [1.165, 1.54) is 5.56 Å². The molecule has 0 saturated heterocycles. The molecule has 2 rings (SSSR count). The molecule has 17 heavy (non-hydrogen) atoms. The second-order valence-corrected chi connectivity index (χ2v) is 5.04. The first kappa shape index (κ1) is 12.1. The zero-order valence-electron chi connectivity index (χ0n) is 9.67. The Morgan fingerprint density at radius 2 is 1.94 bits per heavy atom. The monoisotopic (exact) mass is 244 g/mol. The van der Waals surface area contributed by atoms with E-state index in [1.807, 2.05) is 35.7 Å².